The lowest BCUT2D eigenvalue weighted by Gasteiger charge is -2.21. The number of hydrogen-bond donors (Lipinski definition) is 1. The molecule has 0 bridgehead atoms. The Balaban J connectivity index is 1.85. The molecule has 104 valence electrons. The summed E-state index contributed by atoms with van der Waals surface area (Å²) in [5, 5.41) is 15.0. The fraction of sp³-hybridized carbons (Fsp3) is 0.500. The molecule has 1 unspecified atom stereocenters. The number of nitro benzene ring substituents is 1. The van der Waals surface area contributed by atoms with Gasteiger partial charge in [0.2, 0.25) is 0 Å². The van der Waals surface area contributed by atoms with Crippen molar-refractivity contribution in [3.05, 3.63) is 38.9 Å². The van der Waals surface area contributed by atoms with Crippen LogP contribution in [-0.2, 0) is 6.54 Å². The number of nitro groups is 1. The van der Waals surface area contributed by atoms with E-state index in [1.54, 1.807) is 6.07 Å². The number of nitrogens with zero attached hydrogens (tertiary/aromatic N) is 1. The van der Waals surface area contributed by atoms with Crippen LogP contribution in [-0.4, -0.2) is 34.0 Å². The number of nitrogens with one attached hydrogen (secondary N) is 1. The maximum atomic E-state index is 10.8. The van der Waals surface area contributed by atoms with E-state index in [9.17, 15) is 10.1 Å². The van der Waals surface area contributed by atoms with E-state index in [1.165, 1.54) is 23.3 Å². The highest BCUT2D eigenvalue weighted by Crippen LogP contribution is 2.25. The minimum Gasteiger partial charge on any atom is -0.312 e. The first-order valence-corrected chi connectivity index (χ1v) is 8.58. The molecule has 2 rings (SSSR count). The van der Waals surface area contributed by atoms with Gasteiger partial charge >= 0.3 is 0 Å². The normalized spacial score (nSPS) is 19.3. The summed E-state index contributed by atoms with van der Waals surface area (Å²) in [7, 11) is 0. The second kappa shape index (κ2) is 7.38. The van der Waals surface area contributed by atoms with Gasteiger partial charge in [-0.25, -0.2) is 0 Å². The lowest BCUT2D eigenvalue weighted by molar-refractivity contribution is -0.384. The van der Waals surface area contributed by atoms with Gasteiger partial charge in [-0.1, -0.05) is 17.7 Å². The van der Waals surface area contributed by atoms with Gasteiger partial charge in [-0.3, -0.25) is 10.1 Å². The van der Waals surface area contributed by atoms with Gasteiger partial charge in [-0.2, -0.15) is 23.5 Å². The lowest BCUT2D eigenvalue weighted by Crippen LogP contribution is -2.28. The Morgan fingerprint density at radius 2 is 2.32 bits per heavy atom. The van der Waals surface area contributed by atoms with Gasteiger partial charge in [0.25, 0.3) is 5.69 Å². The average Bonchev–Trinajstić information content (AvgIpc) is 2.41. The van der Waals surface area contributed by atoms with Crippen LogP contribution in [0.25, 0.3) is 0 Å². The fourth-order valence-corrected chi connectivity index (χ4v) is 4.67. The van der Waals surface area contributed by atoms with Crippen LogP contribution in [0.15, 0.2) is 18.2 Å². The molecule has 0 aliphatic carbocycles. The Kier molecular flexibility index (Phi) is 5.81. The Morgan fingerprint density at radius 1 is 1.47 bits per heavy atom. The van der Waals surface area contributed by atoms with Crippen LogP contribution in [0.1, 0.15) is 5.56 Å². The zero-order chi connectivity index (χ0) is 13.7. The second-order valence-corrected chi connectivity index (χ2v) is 7.21. The molecule has 0 spiro atoms. The van der Waals surface area contributed by atoms with E-state index < -0.39 is 4.92 Å². The van der Waals surface area contributed by atoms with Gasteiger partial charge in [0, 0.05) is 41.7 Å². The van der Waals surface area contributed by atoms with Gasteiger partial charge < -0.3 is 5.32 Å². The molecule has 0 saturated carbocycles. The summed E-state index contributed by atoms with van der Waals surface area (Å²) in [6.07, 6.45) is 0. The molecule has 1 N–H and O–H groups in total. The summed E-state index contributed by atoms with van der Waals surface area (Å²) >= 11 is 9.76. The SMILES string of the molecule is O=[N+]([O-])c1cc(CNCC2CSCCS2)ccc1Cl. The highest BCUT2D eigenvalue weighted by atomic mass is 35.5. The first-order valence-electron chi connectivity index (χ1n) is 5.99. The molecule has 7 heteroatoms. The third kappa shape index (κ3) is 4.56. The summed E-state index contributed by atoms with van der Waals surface area (Å²) in [6, 6.07) is 4.95. The molecule has 1 heterocycles. The largest absolute Gasteiger partial charge is 0.312 e. The highest BCUT2D eigenvalue weighted by molar-refractivity contribution is 8.06. The van der Waals surface area contributed by atoms with Crippen molar-refractivity contribution in [2.45, 2.75) is 11.8 Å². The molecule has 1 saturated heterocycles. The van der Waals surface area contributed by atoms with Crippen molar-refractivity contribution in [1.29, 1.82) is 0 Å². The molecule has 19 heavy (non-hydrogen) atoms. The summed E-state index contributed by atoms with van der Waals surface area (Å²) in [5.74, 6) is 3.63. The Labute approximate surface area is 125 Å². The van der Waals surface area contributed by atoms with Crippen molar-refractivity contribution >= 4 is 40.8 Å². The van der Waals surface area contributed by atoms with E-state index in [-0.39, 0.29) is 10.7 Å². The quantitative estimate of drug-likeness (QED) is 0.667. The molecular weight excluding hydrogens is 304 g/mol. The highest BCUT2D eigenvalue weighted by Gasteiger charge is 2.15. The summed E-state index contributed by atoms with van der Waals surface area (Å²) in [5.41, 5.74) is 0.869. The smallest absolute Gasteiger partial charge is 0.288 e. The van der Waals surface area contributed by atoms with Gasteiger partial charge in [0.1, 0.15) is 5.02 Å². The van der Waals surface area contributed by atoms with Gasteiger partial charge in [0.15, 0.2) is 0 Å². The minimum atomic E-state index is -0.445. The van der Waals surface area contributed by atoms with E-state index in [0.29, 0.717) is 11.8 Å². The van der Waals surface area contributed by atoms with Crippen LogP contribution in [0.3, 0.4) is 0 Å². The average molecular weight is 319 g/mol. The molecule has 0 amide bonds. The summed E-state index contributed by atoms with van der Waals surface area (Å²) < 4.78 is 0. The number of halogens is 1. The first kappa shape index (κ1) is 15.0. The summed E-state index contributed by atoms with van der Waals surface area (Å²) in [6.45, 7) is 1.58. The molecular formula is C12H15ClN2O2S2. The predicted octanol–water partition coefficient (Wildman–Crippen LogP) is 3.19. The van der Waals surface area contributed by atoms with Gasteiger partial charge in [-0.05, 0) is 11.6 Å². The third-order valence-electron chi connectivity index (χ3n) is 2.79. The molecule has 1 aliphatic heterocycles. The zero-order valence-corrected chi connectivity index (χ0v) is 12.7. The molecule has 1 aromatic carbocycles. The Hall–Kier alpha value is -0.430. The third-order valence-corrected chi connectivity index (χ3v) is 5.96. The predicted molar refractivity (Wildman–Crippen MR) is 83.4 cm³/mol. The number of hydrogen-bond acceptors (Lipinski definition) is 5. The molecule has 1 aliphatic rings. The minimum absolute atomic E-state index is 0.0245. The van der Waals surface area contributed by atoms with E-state index in [4.69, 9.17) is 11.6 Å². The standard InChI is InChI=1S/C12H15ClN2O2S2/c13-11-2-1-9(5-12(11)15(16)17)6-14-7-10-8-18-3-4-19-10/h1-2,5,10,14H,3-4,6-8H2. The molecule has 1 aromatic rings. The summed E-state index contributed by atoms with van der Waals surface area (Å²) in [4.78, 5) is 10.3. The molecule has 1 atom stereocenters. The van der Waals surface area contributed by atoms with Crippen LogP contribution < -0.4 is 5.32 Å². The lowest BCUT2D eigenvalue weighted by atomic mass is 10.2. The maximum Gasteiger partial charge on any atom is 0.288 e. The van der Waals surface area contributed by atoms with Crippen LogP contribution >= 0.6 is 35.1 Å². The Bertz CT molecular complexity index is 453. The maximum absolute atomic E-state index is 10.8. The number of rotatable bonds is 5. The van der Waals surface area contributed by atoms with Crippen LogP contribution in [0, 0.1) is 10.1 Å². The molecule has 0 radical (unpaired) electrons. The van der Waals surface area contributed by atoms with E-state index in [2.05, 4.69) is 5.32 Å². The van der Waals surface area contributed by atoms with Gasteiger partial charge in [0.05, 0.1) is 4.92 Å². The van der Waals surface area contributed by atoms with Crippen LogP contribution in [0.4, 0.5) is 5.69 Å². The van der Waals surface area contributed by atoms with Crippen molar-refractivity contribution in [3.8, 4) is 0 Å². The van der Waals surface area contributed by atoms with Crippen LogP contribution in [0.5, 0.6) is 0 Å². The van der Waals surface area contributed by atoms with Crippen molar-refractivity contribution in [1.82, 2.24) is 5.32 Å². The Morgan fingerprint density at radius 3 is 3.00 bits per heavy atom. The van der Waals surface area contributed by atoms with Crippen molar-refractivity contribution in [2.75, 3.05) is 23.8 Å². The van der Waals surface area contributed by atoms with Crippen molar-refractivity contribution in [2.24, 2.45) is 0 Å². The van der Waals surface area contributed by atoms with E-state index >= 15 is 0 Å². The van der Waals surface area contributed by atoms with Crippen molar-refractivity contribution < 1.29 is 4.92 Å². The number of thioether (sulfide) groups is 2. The second-order valence-electron chi connectivity index (χ2n) is 4.24. The topological polar surface area (TPSA) is 55.2 Å². The monoisotopic (exact) mass is 318 g/mol. The zero-order valence-electron chi connectivity index (χ0n) is 10.3. The van der Waals surface area contributed by atoms with Crippen molar-refractivity contribution in [3.63, 3.8) is 0 Å². The van der Waals surface area contributed by atoms with Crippen LogP contribution in [0.2, 0.25) is 5.02 Å². The van der Waals surface area contributed by atoms with E-state index in [1.807, 2.05) is 29.6 Å². The molecule has 0 aromatic heterocycles. The molecule has 1 fully saturated rings. The first-order chi connectivity index (χ1) is 9.16. The fourth-order valence-electron chi connectivity index (χ4n) is 1.84. The van der Waals surface area contributed by atoms with E-state index in [0.717, 1.165) is 12.1 Å². The van der Waals surface area contributed by atoms with Gasteiger partial charge in [-0.15, -0.1) is 0 Å². The molecule has 4 nitrogen and oxygen atoms in total. The number of benzene rings is 1.